The molecule has 0 aromatic rings. The first-order valence-corrected chi connectivity index (χ1v) is 21.0. The molecule has 8 atom stereocenters. The summed E-state index contributed by atoms with van der Waals surface area (Å²) in [7, 11) is -5.10. The largest absolute Gasteiger partial charge is 0.472 e. The van der Waals surface area contributed by atoms with Gasteiger partial charge in [0, 0.05) is 12.8 Å². The zero-order valence-electron chi connectivity index (χ0n) is 31.2. The van der Waals surface area contributed by atoms with E-state index in [4.69, 9.17) is 18.5 Å². The lowest BCUT2D eigenvalue weighted by Crippen LogP contribution is -2.64. The third-order valence-electron chi connectivity index (χ3n) is 9.11. The average molecular weight is 753 g/mol. The van der Waals surface area contributed by atoms with Crippen molar-refractivity contribution in [3.8, 4) is 0 Å². The molecule has 13 nitrogen and oxygen atoms in total. The number of aliphatic hydroxyl groups excluding tert-OH is 5. The predicted octanol–water partition coefficient (Wildman–Crippen LogP) is 5.94. The van der Waals surface area contributed by atoms with E-state index in [0.29, 0.717) is 12.8 Å². The maximum Gasteiger partial charge on any atom is 0.472 e. The highest BCUT2D eigenvalue weighted by Crippen LogP contribution is 2.47. The van der Waals surface area contributed by atoms with Crippen LogP contribution < -0.4 is 0 Å². The van der Waals surface area contributed by atoms with Crippen LogP contribution in [0.5, 0.6) is 0 Å². The molecular formula is C37H69O13P. The number of esters is 2. The van der Waals surface area contributed by atoms with Gasteiger partial charge in [0.25, 0.3) is 0 Å². The number of aliphatic hydroxyl groups is 5. The Morgan fingerprint density at radius 3 is 1.49 bits per heavy atom. The van der Waals surface area contributed by atoms with E-state index in [1.807, 2.05) is 0 Å². The molecule has 0 heterocycles. The highest BCUT2D eigenvalue weighted by atomic mass is 31.2. The zero-order valence-corrected chi connectivity index (χ0v) is 32.0. The summed E-state index contributed by atoms with van der Waals surface area (Å²) in [4.78, 5) is 35.3. The first kappa shape index (κ1) is 47.6. The smallest absolute Gasteiger partial charge is 0.462 e. The summed E-state index contributed by atoms with van der Waals surface area (Å²) < 4.78 is 33.2. The lowest BCUT2D eigenvalue weighted by molar-refractivity contribution is -0.220. The Balaban J connectivity index is 2.52. The molecule has 0 bridgehead atoms. The van der Waals surface area contributed by atoms with Crippen LogP contribution in [0.4, 0.5) is 0 Å². The van der Waals surface area contributed by atoms with Crippen molar-refractivity contribution < 1.29 is 63.1 Å². The van der Waals surface area contributed by atoms with E-state index in [2.05, 4.69) is 26.0 Å². The minimum absolute atomic E-state index is 0.0898. The number of carbonyl (C=O) groups excluding carboxylic acids is 2. The molecule has 1 aliphatic rings. The minimum Gasteiger partial charge on any atom is -0.462 e. The highest BCUT2D eigenvalue weighted by molar-refractivity contribution is 7.47. The van der Waals surface area contributed by atoms with Gasteiger partial charge in [0.05, 0.1) is 6.61 Å². The van der Waals surface area contributed by atoms with Crippen molar-refractivity contribution >= 4 is 19.8 Å². The molecule has 0 aromatic heterocycles. The van der Waals surface area contributed by atoms with Crippen LogP contribution in [0.3, 0.4) is 0 Å². The van der Waals surface area contributed by atoms with Crippen molar-refractivity contribution in [2.24, 2.45) is 0 Å². The number of ether oxygens (including phenoxy) is 2. The fourth-order valence-electron chi connectivity index (χ4n) is 5.87. The summed E-state index contributed by atoms with van der Waals surface area (Å²) in [5.74, 6) is -1.11. The standard InChI is InChI=1S/C37H69O13P/c1-3-5-7-9-11-12-13-14-15-16-17-18-20-22-24-26-31(39)49-29(27-47-30(38)25-23-21-19-10-8-6-4-2)28-48-51(45,46)50-37-35(43)33(41)32(40)34(42)36(37)44/h14-15,29,32-37,40-44H,3-13,16-28H2,1-2H3,(H,45,46)/b15-14+/t29-,32?,33-,34?,35?,36?,37?/m1/s1. The van der Waals surface area contributed by atoms with Crippen molar-refractivity contribution in [3.05, 3.63) is 12.2 Å². The number of hydrogen-bond acceptors (Lipinski definition) is 12. The molecule has 1 saturated carbocycles. The van der Waals surface area contributed by atoms with E-state index in [1.54, 1.807) is 0 Å². The number of allylic oxidation sites excluding steroid dienone is 2. The number of hydrogen-bond donors (Lipinski definition) is 6. The second-order valence-electron chi connectivity index (χ2n) is 13.8. The van der Waals surface area contributed by atoms with Gasteiger partial charge >= 0.3 is 19.8 Å². The van der Waals surface area contributed by atoms with Gasteiger partial charge in [-0.25, -0.2) is 4.57 Å². The fraction of sp³-hybridized carbons (Fsp3) is 0.892. The van der Waals surface area contributed by atoms with Crippen LogP contribution in [0.15, 0.2) is 12.2 Å². The van der Waals surface area contributed by atoms with Gasteiger partial charge in [0.2, 0.25) is 0 Å². The lowest BCUT2D eigenvalue weighted by atomic mass is 9.85. The maximum atomic E-state index is 12.7. The normalized spacial score (nSPS) is 24.0. The number of carbonyl (C=O) groups is 2. The average Bonchev–Trinajstić information content (AvgIpc) is 3.10. The third kappa shape index (κ3) is 22.4. The van der Waals surface area contributed by atoms with E-state index in [0.717, 1.165) is 70.6 Å². The van der Waals surface area contributed by atoms with Crippen LogP contribution in [-0.2, 0) is 32.7 Å². The van der Waals surface area contributed by atoms with Gasteiger partial charge in [0.15, 0.2) is 6.10 Å². The van der Waals surface area contributed by atoms with Gasteiger partial charge in [-0.1, -0.05) is 116 Å². The Kier molecular flexibility index (Phi) is 27.1. The molecule has 6 unspecified atom stereocenters. The molecule has 0 aromatic carbocycles. The Morgan fingerprint density at radius 1 is 0.588 bits per heavy atom. The molecule has 51 heavy (non-hydrogen) atoms. The van der Waals surface area contributed by atoms with Gasteiger partial charge in [-0.2, -0.15) is 0 Å². The molecule has 1 rings (SSSR count). The molecule has 0 spiro atoms. The molecule has 300 valence electrons. The van der Waals surface area contributed by atoms with Crippen molar-refractivity contribution in [2.45, 2.75) is 198 Å². The topological polar surface area (TPSA) is 210 Å². The van der Waals surface area contributed by atoms with Crippen LogP contribution in [0.1, 0.15) is 155 Å². The summed E-state index contributed by atoms with van der Waals surface area (Å²) in [6.45, 7) is 3.20. The predicted molar refractivity (Wildman–Crippen MR) is 194 cm³/mol. The second-order valence-corrected chi connectivity index (χ2v) is 15.2. The van der Waals surface area contributed by atoms with Crippen LogP contribution >= 0.6 is 7.82 Å². The monoisotopic (exact) mass is 752 g/mol. The van der Waals surface area contributed by atoms with Crippen LogP contribution in [0.25, 0.3) is 0 Å². The van der Waals surface area contributed by atoms with Gasteiger partial charge < -0.3 is 39.9 Å². The highest BCUT2D eigenvalue weighted by Gasteiger charge is 2.51. The Labute approximate surface area is 305 Å². The fourth-order valence-corrected chi connectivity index (χ4v) is 6.84. The Hall–Kier alpha value is -1.41. The number of unbranched alkanes of at least 4 members (excludes halogenated alkanes) is 17. The molecule has 14 heteroatoms. The number of rotatable bonds is 31. The van der Waals surface area contributed by atoms with Gasteiger partial charge in [-0.3, -0.25) is 18.6 Å². The number of phosphoric ester groups is 1. The molecule has 1 fully saturated rings. The second kappa shape index (κ2) is 29.0. The van der Waals surface area contributed by atoms with Gasteiger partial charge in [-0.15, -0.1) is 0 Å². The molecule has 0 amide bonds. The first-order valence-electron chi connectivity index (χ1n) is 19.5. The summed E-state index contributed by atoms with van der Waals surface area (Å²) in [5, 5.41) is 49.8. The minimum atomic E-state index is -5.10. The zero-order chi connectivity index (χ0) is 37.9. The van der Waals surface area contributed by atoms with Crippen molar-refractivity contribution in [3.63, 3.8) is 0 Å². The van der Waals surface area contributed by atoms with Gasteiger partial charge in [0.1, 0.15) is 43.2 Å². The van der Waals surface area contributed by atoms with Crippen LogP contribution in [-0.4, -0.2) is 98.3 Å². The van der Waals surface area contributed by atoms with Crippen molar-refractivity contribution in [2.75, 3.05) is 13.2 Å². The van der Waals surface area contributed by atoms with Crippen molar-refractivity contribution in [1.29, 1.82) is 0 Å². The number of phosphoric acid groups is 1. The third-order valence-corrected chi connectivity index (χ3v) is 10.1. The Bertz CT molecular complexity index is 964. The van der Waals surface area contributed by atoms with Crippen molar-refractivity contribution in [1.82, 2.24) is 0 Å². The maximum absolute atomic E-state index is 12.7. The molecule has 1 aliphatic carbocycles. The summed E-state index contributed by atoms with van der Waals surface area (Å²) in [6, 6.07) is 0. The molecule has 0 saturated heterocycles. The van der Waals surface area contributed by atoms with E-state index in [-0.39, 0.29) is 12.8 Å². The first-order chi connectivity index (χ1) is 24.4. The van der Waals surface area contributed by atoms with Crippen LogP contribution in [0, 0.1) is 0 Å². The molecule has 0 radical (unpaired) electrons. The summed E-state index contributed by atoms with van der Waals surface area (Å²) >= 11 is 0. The molecular weight excluding hydrogens is 683 g/mol. The summed E-state index contributed by atoms with van der Waals surface area (Å²) in [6.07, 6.45) is 13.1. The Morgan fingerprint density at radius 2 is 1.00 bits per heavy atom. The quantitative estimate of drug-likeness (QED) is 0.0210. The lowest BCUT2D eigenvalue weighted by Gasteiger charge is -2.41. The van der Waals surface area contributed by atoms with E-state index in [1.165, 1.54) is 44.9 Å². The van der Waals surface area contributed by atoms with E-state index < -0.39 is 75.7 Å². The SMILES string of the molecule is CCCCCCCC/C=C/CCCCCCCC(=O)O[C@H](COC(=O)CCCCCCCCC)COP(=O)(O)OC1C(O)C(O)C(O)[C@@H](O)C1O. The molecule has 6 N–H and O–H groups in total. The summed E-state index contributed by atoms with van der Waals surface area (Å²) in [5.41, 5.74) is 0. The van der Waals surface area contributed by atoms with Crippen LogP contribution in [0.2, 0.25) is 0 Å². The molecule has 0 aliphatic heterocycles. The van der Waals surface area contributed by atoms with E-state index >= 15 is 0 Å². The van der Waals surface area contributed by atoms with E-state index in [9.17, 15) is 44.6 Å². The van der Waals surface area contributed by atoms with Gasteiger partial charge in [-0.05, 0) is 38.5 Å².